The number of nitrogens with one attached hydrogen (secondary N) is 1. The fourth-order valence-corrected chi connectivity index (χ4v) is 1.68. The van der Waals surface area contributed by atoms with Gasteiger partial charge in [0.15, 0.2) is 0 Å². The third-order valence-electron chi connectivity index (χ3n) is 2.80. The molecule has 0 aromatic carbocycles. The van der Waals surface area contributed by atoms with E-state index in [4.69, 9.17) is 5.73 Å². The minimum Gasteiger partial charge on any atom is -0.354 e. The highest BCUT2D eigenvalue weighted by molar-refractivity contribution is 5.84. The molecule has 0 aliphatic rings. The molecule has 0 rings (SSSR count). The van der Waals surface area contributed by atoms with Crippen molar-refractivity contribution in [2.24, 2.45) is 23.5 Å². The smallest absolute Gasteiger partial charge is 0.239 e. The first kappa shape index (κ1) is 14.4. The van der Waals surface area contributed by atoms with Gasteiger partial charge in [-0.25, -0.2) is 0 Å². The normalized spacial score (nSPS) is 12.7. The van der Waals surface area contributed by atoms with Crippen LogP contribution in [-0.2, 0) is 4.79 Å². The summed E-state index contributed by atoms with van der Waals surface area (Å²) in [4.78, 5) is 11.6. The minimum atomic E-state index is -0.779. The molecule has 0 saturated heterocycles. The number of hydrogen-bond acceptors (Lipinski definition) is 2. The van der Waals surface area contributed by atoms with Gasteiger partial charge in [-0.3, -0.25) is 4.79 Å². The lowest BCUT2D eigenvalue weighted by Crippen LogP contribution is -2.50. The van der Waals surface area contributed by atoms with Crippen LogP contribution in [0.15, 0.2) is 0 Å². The average molecular weight is 214 g/mol. The van der Waals surface area contributed by atoms with Gasteiger partial charge in [0.1, 0.15) is 0 Å². The Labute approximate surface area is 93.8 Å². The molecule has 0 heterocycles. The van der Waals surface area contributed by atoms with Crippen molar-refractivity contribution in [2.45, 2.75) is 47.1 Å². The van der Waals surface area contributed by atoms with Crippen LogP contribution in [0.5, 0.6) is 0 Å². The first-order valence-corrected chi connectivity index (χ1v) is 5.73. The van der Waals surface area contributed by atoms with E-state index in [-0.39, 0.29) is 5.91 Å². The molecule has 0 aliphatic carbocycles. The van der Waals surface area contributed by atoms with Gasteiger partial charge < -0.3 is 11.1 Å². The molecule has 3 heteroatoms. The molecule has 0 aliphatic heterocycles. The molecule has 15 heavy (non-hydrogen) atoms. The van der Waals surface area contributed by atoms with Crippen molar-refractivity contribution < 1.29 is 4.79 Å². The molecule has 1 amide bonds. The van der Waals surface area contributed by atoms with Crippen LogP contribution in [-0.4, -0.2) is 18.0 Å². The maximum atomic E-state index is 11.6. The molecule has 0 bridgehead atoms. The van der Waals surface area contributed by atoms with Crippen LogP contribution in [0, 0.1) is 17.8 Å². The lowest BCUT2D eigenvalue weighted by molar-refractivity contribution is -0.125. The summed E-state index contributed by atoms with van der Waals surface area (Å²) in [6, 6.07) is 0. The fraction of sp³-hybridized carbons (Fsp3) is 0.917. The Morgan fingerprint density at radius 1 is 1.20 bits per heavy atom. The summed E-state index contributed by atoms with van der Waals surface area (Å²) in [6.45, 7) is 12.9. The molecule has 0 fully saturated rings. The van der Waals surface area contributed by atoms with Crippen molar-refractivity contribution in [1.29, 1.82) is 0 Å². The van der Waals surface area contributed by atoms with E-state index in [0.717, 1.165) is 6.54 Å². The maximum absolute atomic E-state index is 11.6. The van der Waals surface area contributed by atoms with E-state index in [1.807, 2.05) is 0 Å². The van der Waals surface area contributed by atoms with E-state index >= 15 is 0 Å². The van der Waals surface area contributed by atoms with Gasteiger partial charge in [-0.05, 0) is 31.6 Å². The van der Waals surface area contributed by atoms with E-state index in [1.54, 1.807) is 13.8 Å². The molecule has 0 unspecified atom stereocenters. The zero-order valence-electron chi connectivity index (χ0n) is 10.9. The molecular weight excluding hydrogens is 188 g/mol. The Hall–Kier alpha value is -0.570. The second-order valence-electron chi connectivity index (χ2n) is 5.58. The van der Waals surface area contributed by atoms with Crippen molar-refractivity contribution in [3.05, 3.63) is 0 Å². The van der Waals surface area contributed by atoms with Crippen LogP contribution in [0.25, 0.3) is 0 Å². The molecule has 3 nitrogen and oxygen atoms in total. The van der Waals surface area contributed by atoms with Crippen molar-refractivity contribution >= 4 is 5.91 Å². The molecule has 0 radical (unpaired) electrons. The first-order chi connectivity index (χ1) is 6.66. The van der Waals surface area contributed by atoms with Crippen molar-refractivity contribution in [2.75, 3.05) is 6.54 Å². The van der Waals surface area contributed by atoms with Crippen molar-refractivity contribution in [3.8, 4) is 0 Å². The Kier molecular flexibility index (Phi) is 5.29. The van der Waals surface area contributed by atoms with Crippen LogP contribution >= 0.6 is 0 Å². The molecular formula is C12H26N2O. The van der Waals surface area contributed by atoms with Crippen LogP contribution in [0.2, 0.25) is 0 Å². The zero-order chi connectivity index (χ0) is 12.2. The van der Waals surface area contributed by atoms with Gasteiger partial charge >= 0.3 is 0 Å². The van der Waals surface area contributed by atoms with Gasteiger partial charge in [-0.15, -0.1) is 0 Å². The number of carbonyl (C=O) groups excluding carboxylic acids is 1. The molecule has 3 N–H and O–H groups in total. The first-order valence-electron chi connectivity index (χ1n) is 5.73. The summed E-state index contributed by atoms with van der Waals surface area (Å²) >= 11 is 0. The molecule has 0 aromatic heterocycles. The van der Waals surface area contributed by atoms with Crippen molar-refractivity contribution in [1.82, 2.24) is 5.32 Å². The van der Waals surface area contributed by atoms with Gasteiger partial charge in [-0.1, -0.05) is 27.7 Å². The molecule has 0 saturated carbocycles. The van der Waals surface area contributed by atoms with Gasteiger partial charge in [0.25, 0.3) is 0 Å². The third kappa shape index (κ3) is 5.17. The SMILES string of the molecule is CC(C)C(CNC(=O)C(C)(C)N)C(C)C. The molecule has 0 atom stereocenters. The van der Waals surface area contributed by atoms with Crippen molar-refractivity contribution in [3.63, 3.8) is 0 Å². The Balaban J connectivity index is 4.18. The number of rotatable bonds is 5. The lowest BCUT2D eigenvalue weighted by Gasteiger charge is -2.27. The second kappa shape index (κ2) is 5.50. The van der Waals surface area contributed by atoms with E-state index in [0.29, 0.717) is 17.8 Å². The van der Waals surface area contributed by atoms with Crippen LogP contribution in [0.3, 0.4) is 0 Å². The molecule has 0 aromatic rings. The highest BCUT2D eigenvalue weighted by Crippen LogP contribution is 2.19. The van der Waals surface area contributed by atoms with Crippen LogP contribution in [0.4, 0.5) is 0 Å². The summed E-state index contributed by atoms with van der Waals surface area (Å²) in [5.41, 5.74) is 4.93. The minimum absolute atomic E-state index is 0.0752. The standard InChI is InChI=1S/C12H26N2O/c1-8(2)10(9(3)4)7-14-11(15)12(5,6)13/h8-10H,7,13H2,1-6H3,(H,14,15). The van der Waals surface area contributed by atoms with Crippen LogP contribution in [0.1, 0.15) is 41.5 Å². The Bertz CT molecular complexity index is 196. The highest BCUT2D eigenvalue weighted by atomic mass is 16.2. The summed E-state index contributed by atoms with van der Waals surface area (Å²) < 4.78 is 0. The Morgan fingerprint density at radius 3 is 1.87 bits per heavy atom. The number of nitrogens with two attached hydrogens (primary N) is 1. The largest absolute Gasteiger partial charge is 0.354 e. The Morgan fingerprint density at radius 2 is 1.60 bits per heavy atom. The van der Waals surface area contributed by atoms with Crippen LogP contribution < -0.4 is 11.1 Å². The summed E-state index contributed by atoms with van der Waals surface area (Å²) in [7, 11) is 0. The maximum Gasteiger partial charge on any atom is 0.239 e. The van der Waals surface area contributed by atoms with E-state index in [1.165, 1.54) is 0 Å². The quantitative estimate of drug-likeness (QED) is 0.733. The fourth-order valence-electron chi connectivity index (χ4n) is 1.68. The predicted octanol–water partition coefficient (Wildman–Crippen LogP) is 1.77. The zero-order valence-corrected chi connectivity index (χ0v) is 10.9. The highest BCUT2D eigenvalue weighted by Gasteiger charge is 2.24. The summed E-state index contributed by atoms with van der Waals surface area (Å²) in [6.07, 6.45) is 0. The van der Waals surface area contributed by atoms with E-state index in [2.05, 4.69) is 33.0 Å². The summed E-state index contributed by atoms with van der Waals surface area (Å²) in [5, 5.41) is 2.92. The lowest BCUT2D eigenvalue weighted by atomic mass is 9.85. The van der Waals surface area contributed by atoms with Gasteiger partial charge in [0.05, 0.1) is 5.54 Å². The average Bonchev–Trinajstić information content (AvgIpc) is 2.00. The summed E-state index contributed by atoms with van der Waals surface area (Å²) in [5.74, 6) is 1.59. The van der Waals surface area contributed by atoms with Gasteiger partial charge in [-0.2, -0.15) is 0 Å². The second-order valence-corrected chi connectivity index (χ2v) is 5.58. The monoisotopic (exact) mass is 214 g/mol. The third-order valence-corrected chi connectivity index (χ3v) is 2.80. The predicted molar refractivity (Wildman–Crippen MR) is 64.4 cm³/mol. The van der Waals surface area contributed by atoms with E-state index in [9.17, 15) is 4.79 Å². The van der Waals surface area contributed by atoms with Gasteiger partial charge in [0.2, 0.25) is 5.91 Å². The van der Waals surface area contributed by atoms with E-state index < -0.39 is 5.54 Å². The number of hydrogen-bond donors (Lipinski definition) is 2. The molecule has 0 spiro atoms. The number of amides is 1. The molecule has 90 valence electrons. The van der Waals surface area contributed by atoms with Gasteiger partial charge in [0, 0.05) is 6.54 Å². The number of carbonyl (C=O) groups is 1. The topological polar surface area (TPSA) is 55.1 Å².